The van der Waals surface area contributed by atoms with Gasteiger partial charge in [0.15, 0.2) is 5.96 Å². The fraction of sp³-hybridized carbons (Fsp3) is 0.682. The number of halogens is 2. The van der Waals surface area contributed by atoms with Gasteiger partial charge in [0.25, 0.3) is 0 Å². The highest BCUT2D eigenvalue weighted by molar-refractivity contribution is 14.0. The summed E-state index contributed by atoms with van der Waals surface area (Å²) in [4.78, 5) is 9.63. The molecule has 1 unspecified atom stereocenters. The van der Waals surface area contributed by atoms with Crippen molar-refractivity contribution in [1.29, 1.82) is 0 Å². The van der Waals surface area contributed by atoms with E-state index >= 15 is 0 Å². The van der Waals surface area contributed by atoms with Crippen molar-refractivity contribution in [2.75, 3.05) is 59.4 Å². The van der Waals surface area contributed by atoms with E-state index in [9.17, 15) is 4.39 Å². The van der Waals surface area contributed by atoms with E-state index in [4.69, 9.17) is 4.74 Å². The average Bonchev–Trinajstić information content (AvgIpc) is 2.92. The van der Waals surface area contributed by atoms with Crippen LogP contribution in [0.15, 0.2) is 29.3 Å². The van der Waals surface area contributed by atoms with Crippen molar-refractivity contribution in [3.8, 4) is 5.75 Å². The molecule has 0 saturated carbocycles. The molecule has 0 radical (unpaired) electrons. The molecule has 1 aliphatic rings. The molecule has 1 heterocycles. The number of nitrogens with one attached hydrogen (secondary N) is 2. The largest absolute Gasteiger partial charge is 0.488 e. The topological polar surface area (TPSA) is 52.1 Å². The van der Waals surface area contributed by atoms with E-state index < -0.39 is 0 Å². The van der Waals surface area contributed by atoms with Gasteiger partial charge in [0, 0.05) is 32.2 Å². The SMILES string of the molecule is CCNC(=NCC(CC)Oc1cccc(F)c1)NCCCN1CCCN(C)CC1.I. The second-order valence-electron chi connectivity index (χ2n) is 7.60. The zero-order valence-corrected chi connectivity index (χ0v) is 21.0. The third-order valence-electron chi connectivity index (χ3n) is 5.11. The third kappa shape index (κ3) is 10.8. The van der Waals surface area contributed by atoms with Crippen LogP contribution in [-0.2, 0) is 0 Å². The fourth-order valence-electron chi connectivity index (χ4n) is 3.35. The third-order valence-corrected chi connectivity index (χ3v) is 5.11. The first kappa shape index (κ1) is 26.9. The number of aliphatic imine (C=N–C) groups is 1. The lowest BCUT2D eigenvalue weighted by atomic mass is 10.2. The molecule has 8 heteroatoms. The quantitative estimate of drug-likeness (QED) is 0.209. The summed E-state index contributed by atoms with van der Waals surface area (Å²) in [6, 6.07) is 6.27. The summed E-state index contributed by atoms with van der Waals surface area (Å²) in [5, 5.41) is 6.72. The molecule has 0 bridgehead atoms. The highest BCUT2D eigenvalue weighted by atomic mass is 127. The first-order valence-electron chi connectivity index (χ1n) is 11.0. The van der Waals surface area contributed by atoms with E-state index in [1.165, 1.54) is 31.6 Å². The number of ether oxygens (including phenoxy) is 1. The van der Waals surface area contributed by atoms with E-state index in [0.717, 1.165) is 51.5 Å². The van der Waals surface area contributed by atoms with Crippen LogP contribution in [0.4, 0.5) is 4.39 Å². The molecule has 0 spiro atoms. The van der Waals surface area contributed by atoms with Crippen LogP contribution in [0.1, 0.15) is 33.1 Å². The summed E-state index contributed by atoms with van der Waals surface area (Å²) in [7, 11) is 2.20. The molecule has 1 aromatic rings. The Balaban J connectivity index is 0.00000450. The van der Waals surface area contributed by atoms with Gasteiger partial charge in [-0.15, -0.1) is 24.0 Å². The molecule has 30 heavy (non-hydrogen) atoms. The van der Waals surface area contributed by atoms with Gasteiger partial charge in [-0.2, -0.15) is 0 Å². The van der Waals surface area contributed by atoms with Gasteiger partial charge in [-0.1, -0.05) is 13.0 Å². The van der Waals surface area contributed by atoms with Crippen molar-refractivity contribution < 1.29 is 9.13 Å². The van der Waals surface area contributed by atoms with Crippen molar-refractivity contribution >= 4 is 29.9 Å². The average molecular weight is 535 g/mol. The van der Waals surface area contributed by atoms with E-state index in [0.29, 0.717) is 12.3 Å². The van der Waals surface area contributed by atoms with Gasteiger partial charge < -0.3 is 25.2 Å². The number of guanidine groups is 1. The first-order chi connectivity index (χ1) is 14.1. The van der Waals surface area contributed by atoms with Crippen LogP contribution in [0.5, 0.6) is 5.75 Å². The van der Waals surface area contributed by atoms with Gasteiger partial charge in [-0.05, 0) is 65.0 Å². The summed E-state index contributed by atoms with van der Waals surface area (Å²) in [5.41, 5.74) is 0. The van der Waals surface area contributed by atoms with Crippen LogP contribution in [0.2, 0.25) is 0 Å². The van der Waals surface area contributed by atoms with Crippen LogP contribution < -0.4 is 15.4 Å². The molecular formula is C22H39FIN5O. The lowest BCUT2D eigenvalue weighted by Crippen LogP contribution is -2.40. The Bertz CT molecular complexity index is 619. The Morgan fingerprint density at radius 3 is 2.77 bits per heavy atom. The Hall–Kier alpha value is -1.13. The number of nitrogens with zero attached hydrogens (tertiary/aromatic N) is 3. The summed E-state index contributed by atoms with van der Waals surface area (Å²) in [5.74, 6) is 1.07. The Kier molecular flexibility index (Phi) is 14.0. The summed E-state index contributed by atoms with van der Waals surface area (Å²) >= 11 is 0. The standard InChI is InChI=1S/C22H38FN5O.HI/c1-4-20(29-21-10-6-9-19(23)17-21)18-26-22(24-5-2)25-11-7-13-28-14-8-12-27(3)15-16-28;/h6,9-10,17,20H,4-5,7-8,11-16,18H2,1-3H3,(H2,24,25,26);1H. The maximum Gasteiger partial charge on any atom is 0.191 e. The molecule has 172 valence electrons. The number of hydrogen-bond donors (Lipinski definition) is 2. The second-order valence-corrected chi connectivity index (χ2v) is 7.60. The predicted molar refractivity (Wildman–Crippen MR) is 134 cm³/mol. The number of likely N-dealkylation sites (N-methyl/N-ethyl adjacent to an activating group) is 1. The minimum Gasteiger partial charge on any atom is -0.488 e. The van der Waals surface area contributed by atoms with E-state index in [-0.39, 0.29) is 35.9 Å². The zero-order chi connectivity index (χ0) is 20.9. The highest BCUT2D eigenvalue weighted by Crippen LogP contribution is 2.15. The van der Waals surface area contributed by atoms with Crippen molar-refractivity contribution in [1.82, 2.24) is 20.4 Å². The van der Waals surface area contributed by atoms with Crippen LogP contribution in [0.25, 0.3) is 0 Å². The molecule has 1 saturated heterocycles. The van der Waals surface area contributed by atoms with Crippen LogP contribution in [0.3, 0.4) is 0 Å². The molecule has 0 aliphatic carbocycles. The molecule has 0 amide bonds. The zero-order valence-electron chi connectivity index (χ0n) is 18.7. The normalized spacial score (nSPS) is 17.0. The highest BCUT2D eigenvalue weighted by Gasteiger charge is 2.12. The van der Waals surface area contributed by atoms with E-state index in [1.54, 1.807) is 12.1 Å². The van der Waals surface area contributed by atoms with Crippen LogP contribution >= 0.6 is 24.0 Å². The van der Waals surface area contributed by atoms with Gasteiger partial charge in [-0.25, -0.2) is 9.38 Å². The van der Waals surface area contributed by atoms with Gasteiger partial charge in [-0.3, -0.25) is 0 Å². The summed E-state index contributed by atoms with van der Waals surface area (Å²) < 4.78 is 19.2. The van der Waals surface area contributed by atoms with Crippen molar-refractivity contribution in [3.05, 3.63) is 30.1 Å². The molecular weight excluding hydrogens is 496 g/mol. The number of benzene rings is 1. The molecule has 1 fully saturated rings. The Morgan fingerprint density at radius 1 is 1.20 bits per heavy atom. The smallest absolute Gasteiger partial charge is 0.191 e. The fourth-order valence-corrected chi connectivity index (χ4v) is 3.35. The summed E-state index contributed by atoms with van der Waals surface area (Å²) in [6.45, 7) is 12.1. The first-order valence-corrected chi connectivity index (χ1v) is 11.0. The molecule has 6 nitrogen and oxygen atoms in total. The van der Waals surface area contributed by atoms with Crippen molar-refractivity contribution in [3.63, 3.8) is 0 Å². The molecule has 0 aromatic heterocycles. The summed E-state index contributed by atoms with van der Waals surface area (Å²) in [6.07, 6.45) is 3.06. The number of rotatable bonds is 10. The Labute approximate surface area is 198 Å². The maximum absolute atomic E-state index is 13.4. The molecule has 1 aromatic carbocycles. The molecule has 1 aliphatic heterocycles. The monoisotopic (exact) mass is 535 g/mol. The minimum absolute atomic E-state index is 0. The predicted octanol–water partition coefficient (Wildman–Crippen LogP) is 3.18. The molecule has 2 rings (SSSR count). The van der Waals surface area contributed by atoms with Crippen molar-refractivity contribution in [2.45, 2.75) is 39.2 Å². The van der Waals surface area contributed by atoms with Crippen LogP contribution in [-0.4, -0.2) is 81.3 Å². The lowest BCUT2D eigenvalue weighted by molar-refractivity contribution is 0.205. The molecule has 2 N–H and O–H groups in total. The van der Waals surface area contributed by atoms with Gasteiger partial charge in [0.05, 0.1) is 6.54 Å². The van der Waals surface area contributed by atoms with E-state index in [1.807, 2.05) is 0 Å². The van der Waals surface area contributed by atoms with Gasteiger partial charge >= 0.3 is 0 Å². The maximum atomic E-state index is 13.4. The second kappa shape index (κ2) is 15.6. The van der Waals surface area contributed by atoms with Gasteiger partial charge in [0.2, 0.25) is 0 Å². The van der Waals surface area contributed by atoms with Crippen molar-refractivity contribution in [2.24, 2.45) is 4.99 Å². The number of hydrogen-bond acceptors (Lipinski definition) is 4. The molecule has 1 atom stereocenters. The minimum atomic E-state index is -0.285. The van der Waals surface area contributed by atoms with Gasteiger partial charge in [0.1, 0.15) is 17.7 Å². The lowest BCUT2D eigenvalue weighted by Gasteiger charge is -2.20. The van der Waals surface area contributed by atoms with Crippen LogP contribution in [0, 0.1) is 5.82 Å². The Morgan fingerprint density at radius 2 is 2.03 bits per heavy atom. The van der Waals surface area contributed by atoms with E-state index in [2.05, 4.69) is 46.3 Å².